The third-order valence-corrected chi connectivity index (χ3v) is 6.17. The van der Waals surface area contributed by atoms with Gasteiger partial charge in [0.25, 0.3) is 5.91 Å². The highest BCUT2D eigenvalue weighted by molar-refractivity contribution is 6.28. The highest BCUT2D eigenvalue weighted by atomic mass is 19.4. The van der Waals surface area contributed by atoms with Crippen LogP contribution in [0.5, 0.6) is 0 Å². The average molecular weight is 417 g/mol. The summed E-state index contributed by atoms with van der Waals surface area (Å²) in [6.45, 7) is 0.285. The Balaban J connectivity index is 1.62. The van der Waals surface area contributed by atoms with Crippen LogP contribution in [0.25, 0.3) is 10.8 Å². The fraction of sp³-hybridized carbons (Fsp3) is 0.381. The zero-order valence-corrected chi connectivity index (χ0v) is 15.8. The lowest BCUT2D eigenvalue weighted by Gasteiger charge is -2.30. The molecule has 3 heterocycles. The fourth-order valence-corrected chi connectivity index (χ4v) is 4.87. The van der Waals surface area contributed by atoms with Gasteiger partial charge in [0.2, 0.25) is 11.8 Å². The van der Waals surface area contributed by atoms with Crippen LogP contribution in [0.3, 0.4) is 0 Å². The Labute approximate surface area is 169 Å². The maximum atomic E-state index is 13.5. The van der Waals surface area contributed by atoms with Gasteiger partial charge in [-0.25, -0.2) is 0 Å². The van der Waals surface area contributed by atoms with Gasteiger partial charge in [-0.15, -0.1) is 0 Å². The molecule has 2 aromatic carbocycles. The van der Waals surface area contributed by atoms with E-state index >= 15 is 0 Å². The van der Waals surface area contributed by atoms with E-state index in [0.29, 0.717) is 34.1 Å². The molecule has 6 nitrogen and oxygen atoms in total. The largest absolute Gasteiger partial charge is 0.408 e. The van der Waals surface area contributed by atoms with Crippen molar-refractivity contribution < 1.29 is 27.6 Å². The topological polar surface area (TPSA) is 69.7 Å². The molecule has 0 spiro atoms. The number of rotatable bonds is 2. The minimum Gasteiger partial charge on any atom is -0.359 e. The standard InChI is InChI=1S/C21H18F3N3O3/c22-21(23,24)16-5-2-10-26(16)13-7-6-12-18-11(13)3-1-4-14(18)27(20(12)30)15-8-9-17(28)25-19(15)29/h1,3-4,6-7,15-16H,2,5,8-10H2,(H,25,28,29). The number of halogens is 3. The van der Waals surface area contributed by atoms with Crippen LogP contribution in [0.15, 0.2) is 30.3 Å². The van der Waals surface area contributed by atoms with Crippen LogP contribution in [0, 0.1) is 0 Å². The number of hydrogen-bond donors (Lipinski definition) is 1. The molecule has 5 rings (SSSR count). The Morgan fingerprint density at radius 3 is 2.53 bits per heavy atom. The van der Waals surface area contributed by atoms with Gasteiger partial charge in [0.15, 0.2) is 0 Å². The molecule has 0 bridgehead atoms. The van der Waals surface area contributed by atoms with Crippen LogP contribution in [0.2, 0.25) is 0 Å². The lowest BCUT2D eigenvalue weighted by Crippen LogP contribution is -2.53. The SMILES string of the molecule is O=C1CCC(N2C(=O)c3ccc(N4CCCC4C(F)(F)F)c4cccc2c34)C(=O)N1. The molecule has 0 saturated carbocycles. The predicted molar refractivity (Wildman–Crippen MR) is 103 cm³/mol. The molecule has 2 unspecified atom stereocenters. The summed E-state index contributed by atoms with van der Waals surface area (Å²) in [6, 6.07) is 5.81. The van der Waals surface area contributed by atoms with Crippen LogP contribution >= 0.6 is 0 Å². The van der Waals surface area contributed by atoms with Crippen LogP contribution in [0.4, 0.5) is 24.5 Å². The second-order valence-corrected chi connectivity index (χ2v) is 7.87. The molecule has 9 heteroatoms. The summed E-state index contributed by atoms with van der Waals surface area (Å²) in [5.74, 6) is -1.30. The monoisotopic (exact) mass is 417 g/mol. The van der Waals surface area contributed by atoms with Crippen molar-refractivity contribution in [2.75, 3.05) is 16.3 Å². The Morgan fingerprint density at radius 2 is 1.80 bits per heavy atom. The smallest absolute Gasteiger partial charge is 0.359 e. The predicted octanol–water partition coefficient (Wildman–Crippen LogP) is 3.14. The quantitative estimate of drug-likeness (QED) is 0.763. The van der Waals surface area contributed by atoms with E-state index in [1.807, 2.05) is 0 Å². The van der Waals surface area contributed by atoms with Crippen molar-refractivity contribution in [3.8, 4) is 0 Å². The lowest BCUT2D eigenvalue weighted by atomic mass is 10.0. The number of carbonyl (C=O) groups is 3. The molecule has 3 aliphatic heterocycles. The van der Waals surface area contributed by atoms with Crippen molar-refractivity contribution in [3.63, 3.8) is 0 Å². The Hall–Kier alpha value is -3.10. The van der Waals surface area contributed by atoms with E-state index in [4.69, 9.17) is 0 Å². The Bertz CT molecular complexity index is 1100. The molecule has 1 N–H and O–H groups in total. The third-order valence-electron chi connectivity index (χ3n) is 6.17. The van der Waals surface area contributed by atoms with Gasteiger partial charge in [0, 0.05) is 29.4 Å². The molecule has 0 radical (unpaired) electrons. The summed E-state index contributed by atoms with van der Waals surface area (Å²) >= 11 is 0. The second-order valence-electron chi connectivity index (χ2n) is 7.87. The number of alkyl halides is 3. The van der Waals surface area contributed by atoms with E-state index in [1.54, 1.807) is 30.3 Å². The van der Waals surface area contributed by atoms with Gasteiger partial charge in [-0.3, -0.25) is 24.6 Å². The summed E-state index contributed by atoms with van der Waals surface area (Å²) in [4.78, 5) is 39.7. The van der Waals surface area contributed by atoms with Crippen molar-refractivity contribution in [1.82, 2.24) is 5.32 Å². The number of imide groups is 1. The van der Waals surface area contributed by atoms with E-state index in [-0.39, 0.29) is 37.6 Å². The van der Waals surface area contributed by atoms with Crippen LogP contribution < -0.4 is 15.1 Å². The van der Waals surface area contributed by atoms with Gasteiger partial charge in [-0.05, 0) is 37.5 Å². The molecular weight excluding hydrogens is 399 g/mol. The van der Waals surface area contributed by atoms with Gasteiger partial charge in [-0.1, -0.05) is 12.1 Å². The first kappa shape index (κ1) is 18.9. The second kappa shape index (κ2) is 6.45. The highest BCUT2D eigenvalue weighted by Crippen LogP contribution is 2.45. The van der Waals surface area contributed by atoms with Crippen LogP contribution in [-0.4, -0.2) is 42.5 Å². The molecule has 3 aliphatic rings. The number of benzene rings is 2. The summed E-state index contributed by atoms with van der Waals surface area (Å²) in [6.07, 6.45) is -3.54. The van der Waals surface area contributed by atoms with Crippen LogP contribution in [-0.2, 0) is 9.59 Å². The molecule has 2 aromatic rings. The Kier molecular flexibility index (Phi) is 4.06. The maximum absolute atomic E-state index is 13.5. The van der Waals surface area contributed by atoms with Gasteiger partial charge < -0.3 is 4.90 Å². The number of carbonyl (C=O) groups excluding carboxylic acids is 3. The Morgan fingerprint density at radius 1 is 1.00 bits per heavy atom. The van der Waals surface area contributed by atoms with E-state index in [2.05, 4.69) is 5.32 Å². The molecule has 2 atom stereocenters. The van der Waals surface area contributed by atoms with E-state index in [9.17, 15) is 27.6 Å². The molecule has 30 heavy (non-hydrogen) atoms. The lowest BCUT2D eigenvalue weighted by molar-refractivity contribution is -0.146. The first-order valence-corrected chi connectivity index (χ1v) is 9.83. The number of hydrogen-bond acceptors (Lipinski definition) is 4. The molecule has 2 saturated heterocycles. The van der Waals surface area contributed by atoms with Crippen molar-refractivity contribution in [2.24, 2.45) is 0 Å². The van der Waals surface area contributed by atoms with Crippen molar-refractivity contribution in [1.29, 1.82) is 0 Å². The first-order chi connectivity index (χ1) is 14.3. The summed E-state index contributed by atoms with van der Waals surface area (Å²) in [7, 11) is 0. The van der Waals surface area contributed by atoms with Gasteiger partial charge >= 0.3 is 6.18 Å². The third kappa shape index (κ3) is 2.68. The van der Waals surface area contributed by atoms with Crippen molar-refractivity contribution in [2.45, 2.75) is 43.9 Å². The normalized spacial score (nSPS) is 24.2. The van der Waals surface area contributed by atoms with E-state index < -0.39 is 24.2 Å². The minimum absolute atomic E-state index is 0.0355. The molecule has 3 amide bonds. The number of nitrogens with one attached hydrogen (secondary N) is 1. The maximum Gasteiger partial charge on any atom is 0.408 e. The summed E-state index contributed by atoms with van der Waals surface area (Å²) < 4.78 is 40.6. The van der Waals surface area contributed by atoms with Crippen molar-refractivity contribution in [3.05, 3.63) is 35.9 Å². The number of piperidine rings is 1. The van der Waals surface area contributed by atoms with Gasteiger partial charge in [-0.2, -0.15) is 13.2 Å². The molecule has 156 valence electrons. The van der Waals surface area contributed by atoms with Crippen LogP contribution in [0.1, 0.15) is 36.0 Å². The fourth-order valence-electron chi connectivity index (χ4n) is 4.87. The summed E-state index contributed by atoms with van der Waals surface area (Å²) in [5.41, 5.74) is 1.29. The highest BCUT2D eigenvalue weighted by Gasteiger charge is 2.47. The molecule has 0 aliphatic carbocycles. The minimum atomic E-state index is -4.34. The first-order valence-electron chi connectivity index (χ1n) is 9.83. The summed E-state index contributed by atoms with van der Waals surface area (Å²) in [5, 5.41) is 3.37. The van der Waals surface area contributed by atoms with Gasteiger partial charge in [0.05, 0.1) is 11.3 Å². The number of nitrogens with zero attached hydrogens (tertiary/aromatic N) is 2. The number of anilines is 2. The molecule has 0 aromatic heterocycles. The zero-order chi connectivity index (χ0) is 21.2. The average Bonchev–Trinajstić information content (AvgIpc) is 3.28. The molecule has 2 fully saturated rings. The number of amides is 3. The molecular formula is C21H18F3N3O3. The van der Waals surface area contributed by atoms with Crippen molar-refractivity contribution >= 4 is 39.9 Å². The zero-order valence-electron chi connectivity index (χ0n) is 15.8. The van der Waals surface area contributed by atoms with E-state index in [1.165, 1.54) is 9.80 Å². The van der Waals surface area contributed by atoms with E-state index in [0.717, 1.165) is 0 Å². The van der Waals surface area contributed by atoms with Gasteiger partial charge in [0.1, 0.15) is 12.1 Å².